The number of nitrogens with zero attached hydrogens (tertiary/aromatic N) is 3. The van der Waals surface area contributed by atoms with Crippen molar-refractivity contribution in [3.8, 4) is 10.6 Å². The summed E-state index contributed by atoms with van der Waals surface area (Å²) in [6, 6.07) is 3.11. The molecule has 3 heterocycles. The Bertz CT molecular complexity index is 820. The van der Waals surface area contributed by atoms with Gasteiger partial charge < -0.3 is 10.6 Å². The average molecular weight is 400 g/mol. The fraction of sp³-hybridized carbons (Fsp3) is 0.333. The second-order valence-electron chi connectivity index (χ2n) is 5.94. The minimum Gasteiger partial charge on any atom is -0.352 e. The van der Waals surface area contributed by atoms with Crippen LogP contribution in [-0.2, 0) is 4.79 Å². The molecule has 0 saturated carbocycles. The first-order valence-corrected chi connectivity index (χ1v) is 9.01. The molecule has 1 fully saturated rings. The summed E-state index contributed by atoms with van der Waals surface area (Å²) in [6.07, 6.45) is 1.61. The lowest BCUT2D eigenvalue weighted by Crippen LogP contribution is -2.40. The second-order valence-corrected chi connectivity index (χ2v) is 8.00. The topological polar surface area (TPSA) is 87.2 Å². The monoisotopic (exact) mass is 399 g/mol. The molecule has 0 atom stereocenters. The standard InChI is InChI=1S/C15H15Cl2N5O2S/c1-15(2)12(23)22(14(24)21-15)6-5-19-13-18-4-3-9(20-13)10-7-8(16)11(17)25-10/h3-4,7H,5-6H2,1-2H3,(H,21,24)(H,18,19,20). The number of hydrogen-bond donors (Lipinski definition) is 2. The van der Waals surface area contributed by atoms with E-state index >= 15 is 0 Å². The van der Waals surface area contributed by atoms with E-state index in [1.165, 1.54) is 16.2 Å². The number of urea groups is 1. The maximum absolute atomic E-state index is 12.1. The first-order valence-electron chi connectivity index (χ1n) is 7.44. The Morgan fingerprint density at radius 2 is 2.12 bits per heavy atom. The van der Waals surface area contributed by atoms with Crippen LogP contribution in [0.2, 0.25) is 9.36 Å². The molecule has 0 aliphatic carbocycles. The first kappa shape index (κ1) is 17.9. The second kappa shape index (κ2) is 6.78. The minimum absolute atomic E-state index is 0.221. The Labute approximate surface area is 158 Å². The van der Waals surface area contributed by atoms with E-state index in [-0.39, 0.29) is 12.5 Å². The summed E-state index contributed by atoms with van der Waals surface area (Å²) in [4.78, 5) is 34.5. The van der Waals surface area contributed by atoms with Crippen LogP contribution in [0.3, 0.4) is 0 Å². The van der Waals surface area contributed by atoms with Gasteiger partial charge >= 0.3 is 6.03 Å². The number of aromatic nitrogens is 2. The highest BCUT2D eigenvalue weighted by atomic mass is 35.5. The zero-order chi connectivity index (χ0) is 18.2. The summed E-state index contributed by atoms with van der Waals surface area (Å²) in [5, 5.41) is 6.13. The lowest BCUT2D eigenvalue weighted by atomic mass is 10.1. The van der Waals surface area contributed by atoms with E-state index in [1.54, 1.807) is 32.2 Å². The Balaban J connectivity index is 1.64. The van der Waals surface area contributed by atoms with Gasteiger partial charge in [0.25, 0.3) is 5.91 Å². The predicted molar refractivity (Wildman–Crippen MR) is 98.2 cm³/mol. The van der Waals surface area contributed by atoms with E-state index in [1.807, 2.05) is 0 Å². The molecule has 132 valence electrons. The number of amides is 3. The smallest absolute Gasteiger partial charge is 0.325 e. The Hall–Kier alpha value is -1.90. The predicted octanol–water partition coefficient (Wildman–Crippen LogP) is 3.25. The van der Waals surface area contributed by atoms with Crippen molar-refractivity contribution in [2.45, 2.75) is 19.4 Å². The molecule has 2 N–H and O–H groups in total. The summed E-state index contributed by atoms with van der Waals surface area (Å²) in [7, 11) is 0. The molecule has 0 spiro atoms. The van der Waals surface area contributed by atoms with Crippen LogP contribution in [0.15, 0.2) is 18.3 Å². The first-order chi connectivity index (χ1) is 11.8. The van der Waals surface area contributed by atoms with Gasteiger partial charge in [-0.05, 0) is 26.0 Å². The normalized spacial score (nSPS) is 16.2. The lowest BCUT2D eigenvalue weighted by Gasteiger charge is -2.16. The van der Waals surface area contributed by atoms with Crippen molar-refractivity contribution in [3.05, 3.63) is 27.7 Å². The zero-order valence-corrected chi connectivity index (χ0v) is 15.8. The van der Waals surface area contributed by atoms with Gasteiger partial charge in [0.2, 0.25) is 5.95 Å². The van der Waals surface area contributed by atoms with Crippen LogP contribution < -0.4 is 10.6 Å². The van der Waals surface area contributed by atoms with Crippen LogP contribution in [-0.4, -0.2) is 45.4 Å². The van der Waals surface area contributed by atoms with Crippen LogP contribution in [0.25, 0.3) is 10.6 Å². The molecular weight excluding hydrogens is 385 g/mol. The van der Waals surface area contributed by atoms with E-state index in [9.17, 15) is 9.59 Å². The molecule has 7 nitrogen and oxygen atoms in total. The van der Waals surface area contributed by atoms with Crippen molar-refractivity contribution < 1.29 is 9.59 Å². The van der Waals surface area contributed by atoms with Crippen LogP contribution in [0.1, 0.15) is 13.8 Å². The molecule has 0 bridgehead atoms. The van der Waals surface area contributed by atoms with E-state index in [2.05, 4.69) is 20.6 Å². The van der Waals surface area contributed by atoms with Gasteiger partial charge in [-0.15, -0.1) is 11.3 Å². The van der Waals surface area contributed by atoms with Crippen molar-refractivity contribution in [1.82, 2.24) is 20.2 Å². The van der Waals surface area contributed by atoms with Crippen molar-refractivity contribution >= 4 is 52.4 Å². The molecule has 1 aliphatic heterocycles. The van der Waals surface area contributed by atoms with E-state index < -0.39 is 11.6 Å². The van der Waals surface area contributed by atoms with Crippen LogP contribution in [0, 0.1) is 0 Å². The number of hydrogen-bond acceptors (Lipinski definition) is 6. The number of carbonyl (C=O) groups excluding carboxylic acids is 2. The summed E-state index contributed by atoms with van der Waals surface area (Å²) >= 11 is 13.3. The van der Waals surface area contributed by atoms with E-state index in [0.29, 0.717) is 27.5 Å². The summed E-state index contributed by atoms with van der Waals surface area (Å²) in [5.74, 6) is 0.140. The third kappa shape index (κ3) is 3.70. The summed E-state index contributed by atoms with van der Waals surface area (Å²) < 4.78 is 0.506. The molecule has 1 aliphatic rings. The van der Waals surface area contributed by atoms with Crippen LogP contribution in [0.4, 0.5) is 10.7 Å². The largest absolute Gasteiger partial charge is 0.352 e. The third-order valence-corrected chi connectivity index (χ3v) is 5.50. The van der Waals surface area contributed by atoms with Gasteiger partial charge in [-0.25, -0.2) is 14.8 Å². The Morgan fingerprint density at radius 1 is 1.36 bits per heavy atom. The maximum Gasteiger partial charge on any atom is 0.325 e. The number of carbonyl (C=O) groups is 2. The highest BCUT2D eigenvalue weighted by Gasteiger charge is 2.43. The Morgan fingerprint density at radius 3 is 2.72 bits per heavy atom. The quantitative estimate of drug-likeness (QED) is 0.753. The maximum atomic E-state index is 12.1. The summed E-state index contributed by atoms with van der Waals surface area (Å²) in [6.45, 7) is 3.90. The Kier molecular flexibility index (Phi) is 4.86. The van der Waals surface area contributed by atoms with E-state index in [0.717, 1.165) is 4.88 Å². The molecule has 0 aromatic carbocycles. The highest BCUT2D eigenvalue weighted by molar-refractivity contribution is 7.20. The van der Waals surface area contributed by atoms with E-state index in [4.69, 9.17) is 23.2 Å². The third-order valence-electron chi connectivity index (χ3n) is 3.62. The molecular formula is C15H15Cl2N5O2S. The van der Waals surface area contributed by atoms with Gasteiger partial charge in [0.15, 0.2) is 0 Å². The molecule has 3 rings (SSSR count). The van der Waals surface area contributed by atoms with Gasteiger partial charge in [-0.1, -0.05) is 23.2 Å². The van der Waals surface area contributed by atoms with Crippen LogP contribution >= 0.6 is 34.5 Å². The molecule has 25 heavy (non-hydrogen) atoms. The molecule has 3 amide bonds. The minimum atomic E-state index is -0.870. The highest BCUT2D eigenvalue weighted by Crippen LogP contribution is 2.37. The van der Waals surface area contributed by atoms with Crippen molar-refractivity contribution in [1.29, 1.82) is 0 Å². The molecule has 2 aromatic rings. The number of halogens is 2. The fourth-order valence-corrected chi connectivity index (χ4v) is 3.69. The molecule has 1 saturated heterocycles. The van der Waals surface area contributed by atoms with Gasteiger partial charge in [-0.3, -0.25) is 9.69 Å². The van der Waals surface area contributed by atoms with Crippen molar-refractivity contribution in [2.75, 3.05) is 18.4 Å². The fourth-order valence-electron chi connectivity index (χ4n) is 2.35. The molecule has 0 unspecified atom stereocenters. The number of nitrogens with one attached hydrogen (secondary N) is 2. The van der Waals surface area contributed by atoms with Gasteiger partial charge in [0.1, 0.15) is 9.88 Å². The number of imide groups is 1. The van der Waals surface area contributed by atoms with Crippen LogP contribution in [0.5, 0.6) is 0 Å². The zero-order valence-electron chi connectivity index (χ0n) is 13.5. The molecule has 0 radical (unpaired) electrons. The number of rotatable bonds is 5. The van der Waals surface area contributed by atoms with Gasteiger partial charge in [-0.2, -0.15) is 0 Å². The lowest BCUT2D eigenvalue weighted by molar-refractivity contribution is -0.130. The number of anilines is 1. The number of thiophene rings is 1. The summed E-state index contributed by atoms with van der Waals surface area (Å²) in [5.41, 5.74) is -0.182. The van der Waals surface area contributed by atoms with Gasteiger partial charge in [0.05, 0.1) is 15.6 Å². The average Bonchev–Trinajstić information content (AvgIpc) is 2.98. The molecule has 10 heteroatoms. The molecule has 2 aromatic heterocycles. The van der Waals surface area contributed by atoms with Crippen molar-refractivity contribution in [3.63, 3.8) is 0 Å². The SMILES string of the molecule is CC1(C)NC(=O)N(CCNc2nccc(-c3cc(Cl)c(Cl)s3)n2)C1=O. The van der Waals surface area contributed by atoms with Crippen molar-refractivity contribution in [2.24, 2.45) is 0 Å². The van der Waals surface area contributed by atoms with Gasteiger partial charge in [0, 0.05) is 19.3 Å².